The number of carbonyl (C=O) groups excluding carboxylic acids is 1. The Bertz CT molecular complexity index is 586. The van der Waals surface area contributed by atoms with E-state index in [2.05, 4.69) is 10.3 Å². The van der Waals surface area contributed by atoms with Crippen LogP contribution in [0.15, 0.2) is 30.6 Å². The zero-order valence-electron chi connectivity index (χ0n) is 11.9. The maximum atomic E-state index is 12.1. The van der Waals surface area contributed by atoms with Gasteiger partial charge in [0, 0.05) is 25.6 Å². The number of nitrogens with zero attached hydrogens (tertiary/aromatic N) is 2. The van der Waals surface area contributed by atoms with Crippen LogP contribution in [0.2, 0.25) is 0 Å². The van der Waals surface area contributed by atoms with Crippen molar-refractivity contribution in [1.29, 1.82) is 0 Å². The molecule has 3 N–H and O–H groups in total. The third-order valence-corrected chi connectivity index (χ3v) is 3.93. The van der Waals surface area contributed by atoms with Crippen LogP contribution in [0.1, 0.15) is 18.5 Å². The monoisotopic (exact) mass is 288 g/mol. The van der Waals surface area contributed by atoms with E-state index in [0.717, 1.165) is 24.2 Å². The molecule has 0 saturated carbocycles. The summed E-state index contributed by atoms with van der Waals surface area (Å²) in [5.74, 6) is 0.0961. The predicted molar refractivity (Wildman–Crippen MR) is 78.6 cm³/mol. The highest BCUT2D eigenvalue weighted by Crippen LogP contribution is 2.17. The van der Waals surface area contributed by atoms with Crippen molar-refractivity contribution in [2.24, 2.45) is 11.7 Å². The number of nitrogens with two attached hydrogens (primary N) is 1. The summed E-state index contributed by atoms with van der Waals surface area (Å²) in [6, 6.07) is 5.34. The highest BCUT2D eigenvalue weighted by atomic mass is 16.5. The second-order valence-corrected chi connectivity index (χ2v) is 5.39. The second kappa shape index (κ2) is 6.24. The quantitative estimate of drug-likeness (QED) is 0.868. The molecule has 6 nitrogen and oxygen atoms in total. The van der Waals surface area contributed by atoms with E-state index >= 15 is 0 Å². The molecule has 21 heavy (non-hydrogen) atoms. The number of hydrogen-bond donors (Lipinski definition) is 2. The fourth-order valence-electron chi connectivity index (χ4n) is 2.66. The van der Waals surface area contributed by atoms with Crippen molar-refractivity contribution >= 4 is 11.6 Å². The first kappa shape index (κ1) is 14.0. The minimum atomic E-state index is -0.467. The summed E-state index contributed by atoms with van der Waals surface area (Å²) in [6.07, 6.45) is 5.54. The lowest BCUT2D eigenvalue weighted by Crippen LogP contribution is -2.46. The fourth-order valence-corrected chi connectivity index (χ4v) is 2.66. The number of nitrogens with one attached hydrogen (secondary N) is 1. The number of amides is 1. The van der Waals surface area contributed by atoms with E-state index in [1.807, 2.05) is 35.0 Å². The van der Waals surface area contributed by atoms with E-state index in [1.165, 1.54) is 0 Å². The van der Waals surface area contributed by atoms with Gasteiger partial charge >= 0.3 is 0 Å². The zero-order chi connectivity index (χ0) is 14.7. The summed E-state index contributed by atoms with van der Waals surface area (Å²) >= 11 is 0. The van der Waals surface area contributed by atoms with Crippen molar-refractivity contribution in [2.75, 3.05) is 13.2 Å². The molecule has 0 spiro atoms. The van der Waals surface area contributed by atoms with Gasteiger partial charge in [-0.05, 0) is 30.9 Å². The van der Waals surface area contributed by atoms with Gasteiger partial charge in [-0.25, -0.2) is 4.98 Å². The minimum Gasteiger partial charge on any atom is -0.381 e. The van der Waals surface area contributed by atoms with Gasteiger partial charge in [0.2, 0.25) is 5.91 Å². The van der Waals surface area contributed by atoms with Gasteiger partial charge in [-0.15, -0.1) is 0 Å². The third kappa shape index (κ3) is 3.22. The number of ether oxygens (including phenoxy) is 1. The molecule has 1 atom stereocenters. The maximum absolute atomic E-state index is 12.1. The summed E-state index contributed by atoms with van der Waals surface area (Å²) in [5.41, 5.74) is 7.74. The number of carbonyl (C=O) groups is 1. The lowest BCUT2D eigenvalue weighted by atomic mass is 9.92. The molecule has 6 heteroatoms. The molecule has 1 fully saturated rings. The number of hydrogen-bond acceptors (Lipinski definition) is 4. The number of rotatable bonds is 4. The number of pyridine rings is 1. The van der Waals surface area contributed by atoms with Crippen LogP contribution in [0.25, 0.3) is 5.65 Å². The summed E-state index contributed by atoms with van der Waals surface area (Å²) < 4.78 is 7.22. The van der Waals surface area contributed by atoms with Crippen molar-refractivity contribution in [3.8, 4) is 0 Å². The Morgan fingerprint density at radius 3 is 3.05 bits per heavy atom. The van der Waals surface area contributed by atoms with Gasteiger partial charge in [-0.1, -0.05) is 6.07 Å². The molecule has 1 unspecified atom stereocenters. The van der Waals surface area contributed by atoms with E-state index in [-0.39, 0.29) is 11.8 Å². The molecule has 0 bridgehead atoms. The molecule has 1 amide bonds. The fraction of sp³-hybridized carbons (Fsp3) is 0.467. The molecule has 2 aromatic heterocycles. The van der Waals surface area contributed by atoms with Crippen LogP contribution >= 0.6 is 0 Å². The molecular weight excluding hydrogens is 268 g/mol. The molecule has 2 aromatic rings. The first-order valence-electron chi connectivity index (χ1n) is 7.27. The van der Waals surface area contributed by atoms with E-state index in [1.54, 1.807) is 0 Å². The number of fused-ring (bicyclic) bond motifs is 1. The SMILES string of the molecule is NC(C(=O)NCc1cn2ccccc2n1)C1CCOCC1. The molecule has 0 radical (unpaired) electrons. The molecule has 1 saturated heterocycles. The van der Waals surface area contributed by atoms with Crippen LogP contribution in [0, 0.1) is 5.92 Å². The molecule has 3 rings (SSSR count). The van der Waals surface area contributed by atoms with Crippen LogP contribution in [0.5, 0.6) is 0 Å². The van der Waals surface area contributed by atoms with E-state index in [9.17, 15) is 4.79 Å². The largest absolute Gasteiger partial charge is 0.381 e. The molecule has 1 aliphatic heterocycles. The average Bonchev–Trinajstić information content (AvgIpc) is 2.95. The molecular formula is C15H20N4O2. The minimum absolute atomic E-state index is 0.112. The van der Waals surface area contributed by atoms with Gasteiger partial charge in [0.15, 0.2) is 0 Å². The van der Waals surface area contributed by atoms with Crippen molar-refractivity contribution in [1.82, 2.24) is 14.7 Å². The summed E-state index contributed by atoms with van der Waals surface area (Å²) in [6.45, 7) is 1.79. The van der Waals surface area contributed by atoms with Crippen LogP contribution in [0.4, 0.5) is 0 Å². The Hall–Kier alpha value is -1.92. The van der Waals surface area contributed by atoms with Crippen molar-refractivity contribution in [2.45, 2.75) is 25.4 Å². The Labute approximate surface area is 123 Å². The molecule has 3 heterocycles. The molecule has 1 aliphatic rings. The highest BCUT2D eigenvalue weighted by Gasteiger charge is 2.26. The Morgan fingerprint density at radius 2 is 2.29 bits per heavy atom. The number of aromatic nitrogens is 2. The van der Waals surface area contributed by atoms with Gasteiger partial charge < -0.3 is 20.2 Å². The third-order valence-electron chi connectivity index (χ3n) is 3.93. The van der Waals surface area contributed by atoms with Gasteiger partial charge in [0.1, 0.15) is 5.65 Å². The summed E-state index contributed by atoms with van der Waals surface area (Å²) in [5, 5.41) is 2.88. The topological polar surface area (TPSA) is 81.7 Å². The molecule has 0 aromatic carbocycles. The second-order valence-electron chi connectivity index (χ2n) is 5.39. The van der Waals surface area contributed by atoms with Crippen molar-refractivity contribution < 1.29 is 9.53 Å². The first-order valence-corrected chi connectivity index (χ1v) is 7.27. The first-order chi connectivity index (χ1) is 10.2. The van der Waals surface area contributed by atoms with Crippen LogP contribution in [-0.2, 0) is 16.1 Å². The van der Waals surface area contributed by atoms with Crippen molar-refractivity contribution in [3.05, 3.63) is 36.3 Å². The lowest BCUT2D eigenvalue weighted by molar-refractivity contribution is -0.124. The molecule has 112 valence electrons. The highest BCUT2D eigenvalue weighted by molar-refractivity contribution is 5.81. The Kier molecular flexibility index (Phi) is 4.17. The standard InChI is InChI=1S/C15H20N4O2/c16-14(11-4-7-21-8-5-11)15(20)17-9-12-10-19-6-2-1-3-13(19)18-12/h1-3,6,10-11,14H,4-5,7-9,16H2,(H,17,20). The Balaban J connectivity index is 1.57. The van der Waals surface area contributed by atoms with Crippen LogP contribution < -0.4 is 11.1 Å². The number of imidazole rings is 1. The van der Waals surface area contributed by atoms with Crippen LogP contribution in [-0.4, -0.2) is 34.5 Å². The lowest BCUT2D eigenvalue weighted by Gasteiger charge is -2.26. The van der Waals surface area contributed by atoms with E-state index in [4.69, 9.17) is 10.5 Å². The van der Waals surface area contributed by atoms with Crippen LogP contribution in [0.3, 0.4) is 0 Å². The van der Waals surface area contributed by atoms with Gasteiger partial charge in [0.05, 0.1) is 18.3 Å². The van der Waals surface area contributed by atoms with Crippen molar-refractivity contribution in [3.63, 3.8) is 0 Å². The van der Waals surface area contributed by atoms with Gasteiger partial charge in [-0.2, -0.15) is 0 Å². The van der Waals surface area contributed by atoms with Gasteiger partial charge in [-0.3, -0.25) is 4.79 Å². The average molecular weight is 288 g/mol. The Morgan fingerprint density at radius 1 is 1.48 bits per heavy atom. The maximum Gasteiger partial charge on any atom is 0.237 e. The van der Waals surface area contributed by atoms with E-state index < -0.39 is 6.04 Å². The predicted octanol–water partition coefficient (Wildman–Crippen LogP) is 0.704. The van der Waals surface area contributed by atoms with E-state index in [0.29, 0.717) is 19.8 Å². The molecule has 0 aliphatic carbocycles. The smallest absolute Gasteiger partial charge is 0.237 e. The zero-order valence-corrected chi connectivity index (χ0v) is 11.9. The normalized spacial score (nSPS) is 17.8. The van der Waals surface area contributed by atoms with Gasteiger partial charge in [0.25, 0.3) is 0 Å². The summed E-state index contributed by atoms with van der Waals surface area (Å²) in [7, 11) is 0. The summed E-state index contributed by atoms with van der Waals surface area (Å²) in [4.78, 5) is 16.6.